The molecule has 5 rings (SSSR count). The summed E-state index contributed by atoms with van der Waals surface area (Å²) in [4.78, 5) is -0.0284. The lowest BCUT2D eigenvalue weighted by atomic mass is 9.96. The first kappa shape index (κ1) is 22.2. The van der Waals surface area contributed by atoms with Gasteiger partial charge in [-0.3, -0.25) is 0 Å². The van der Waals surface area contributed by atoms with E-state index in [0.29, 0.717) is 10.6 Å². The second-order valence-electron chi connectivity index (χ2n) is 8.53. The highest BCUT2D eigenvalue weighted by molar-refractivity contribution is 7.89. The number of para-hydroxylation sites is 1. The van der Waals surface area contributed by atoms with E-state index in [4.69, 9.17) is 26.2 Å². The molecule has 0 radical (unpaired) electrons. The molecule has 0 saturated heterocycles. The van der Waals surface area contributed by atoms with Crippen molar-refractivity contribution in [3.05, 3.63) is 82.3 Å². The van der Waals surface area contributed by atoms with Gasteiger partial charge in [0.25, 0.3) is 0 Å². The van der Waals surface area contributed by atoms with Crippen LogP contribution >= 0.6 is 11.6 Å². The highest BCUT2D eigenvalue weighted by atomic mass is 35.5. The third kappa shape index (κ3) is 4.70. The average molecular weight is 487 g/mol. The van der Waals surface area contributed by atoms with Crippen molar-refractivity contribution in [1.29, 1.82) is 0 Å². The highest BCUT2D eigenvalue weighted by Gasteiger charge is 2.49. The Kier molecular flexibility index (Phi) is 5.56. The van der Waals surface area contributed by atoms with E-state index in [1.54, 1.807) is 12.3 Å². The second kappa shape index (κ2) is 8.29. The molecule has 0 bridgehead atoms. The summed E-state index contributed by atoms with van der Waals surface area (Å²) in [6.45, 7) is 0.0790. The number of pyridine rings is 1. The van der Waals surface area contributed by atoms with Crippen LogP contribution in [0.15, 0.2) is 65.8 Å². The van der Waals surface area contributed by atoms with Gasteiger partial charge in [-0.25, -0.2) is 13.6 Å². The van der Waals surface area contributed by atoms with Crippen LogP contribution in [0.4, 0.5) is 0 Å². The van der Waals surface area contributed by atoms with Crippen molar-refractivity contribution in [1.82, 2.24) is 0 Å². The number of nitrogens with two attached hydrogens (primary N) is 1. The number of sulfonamides is 1. The third-order valence-electron chi connectivity index (χ3n) is 5.97. The summed E-state index contributed by atoms with van der Waals surface area (Å²) in [5.41, 5.74) is 2.39. The minimum atomic E-state index is -3.86. The molecular formula is C24H23ClN2O5S. The fraction of sp³-hybridized carbons (Fsp3) is 0.292. The van der Waals surface area contributed by atoms with Gasteiger partial charge in [-0.05, 0) is 55.5 Å². The predicted octanol–water partition coefficient (Wildman–Crippen LogP) is 4.03. The Bertz CT molecular complexity index is 1320. The first-order valence-corrected chi connectivity index (χ1v) is 12.6. The Hall–Kier alpha value is -2.65. The minimum absolute atomic E-state index is 0.0284. The van der Waals surface area contributed by atoms with Gasteiger partial charge in [-0.15, -0.1) is 0 Å². The summed E-state index contributed by atoms with van der Waals surface area (Å²) in [5, 5.41) is 17.9. The molecule has 0 unspecified atom stereocenters. The van der Waals surface area contributed by atoms with E-state index in [9.17, 15) is 13.6 Å². The van der Waals surface area contributed by atoms with Gasteiger partial charge < -0.3 is 14.7 Å². The number of primary sulfonamides is 1. The van der Waals surface area contributed by atoms with Crippen LogP contribution in [0.3, 0.4) is 0 Å². The zero-order valence-corrected chi connectivity index (χ0v) is 19.3. The summed E-state index contributed by atoms with van der Waals surface area (Å²) >= 11 is 6.28. The maximum absolute atomic E-state index is 12.2. The van der Waals surface area contributed by atoms with E-state index in [0.717, 1.165) is 52.9 Å². The lowest BCUT2D eigenvalue weighted by Crippen LogP contribution is -2.28. The first-order chi connectivity index (χ1) is 15.7. The maximum Gasteiger partial charge on any atom is 0.238 e. The number of ether oxygens (including phenoxy) is 2. The van der Waals surface area contributed by atoms with Crippen LogP contribution in [0, 0.1) is 5.21 Å². The smallest absolute Gasteiger partial charge is 0.238 e. The molecule has 2 saturated carbocycles. The summed E-state index contributed by atoms with van der Waals surface area (Å²) in [6, 6.07) is 13.9. The number of hydrogen-bond donors (Lipinski definition) is 1. The lowest BCUT2D eigenvalue weighted by Gasteiger charge is -2.21. The van der Waals surface area contributed by atoms with E-state index in [2.05, 4.69) is 0 Å². The summed E-state index contributed by atoms with van der Waals surface area (Å²) in [7, 11) is -3.86. The fourth-order valence-corrected chi connectivity index (χ4v) is 4.63. The Morgan fingerprint density at radius 1 is 1.12 bits per heavy atom. The molecular weight excluding hydrogens is 464 g/mol. The molecule has 7 nitrogen and oxygen atoms in total. The SMILES string of the molecule is NS(=O)(=O)c1ccc(Cl)c(COC2(c3c[n+]([O-])ccc3-c3ccccc3OC3CC3)CC2)c1. The summed E-state index contributed by atoms with van der Waals surface area (Å²) in [6.07, 6.45) is 6.78. The number of hydrogen-bond acceptors (Lipinski definition) is 5. The molecule has 33 heavy (non-hydrogen) atoms. The lowest BCUT2D eigenvalue weighted by molar-refractivity contribution is -0.606. The van der Waals surface area contributed by atoms with Gasteiger partial charge in [0.1, 0.15) is 11.4 Å². The van der Waals surface area contributed by atoms with Crippen LogP contribution in [0.25, 0.3) is 11.1 Å². The first-order valence-electron chi connectivity index (χ1n) is 10.7. The van der Waals surface area contributed by atoms with Gasteiger partial charge in [0, 0.05) is 22.2 Å². The van der Waals surface area contributed by atoms with Gasteiger partial charge in [0.05, 0.1) is 23.2 Å². The topological polar surface area (TPSA) is 106 Å². The molecule has 0 aliphatic heterocycles. The largest absolute Gasteiger partial charge is 0.619 e. The maximum atomic E-state index is 12.2. The average Bonchev–Trinajstić information content (AvgIpc) is 3.70. The van der Waals surface area contributed by atoms with Crippen LogP contribution in [0.2, 0.25) is 5.02 Å². The third-order valence-corrected chi connectivity index (χ3v) is 7.25. The molecule has 9 heteroatoms. The van der Waals surface area contributed by atoms with Gasteiger partial charge in [0.15, 0.2) is 12.4 Å². The van der Waals surface area contributed by atoms with Crippen LogP contribution in [-0.2, 0) is 27.0 Å². The molecule has 0 spiro atoms. The molecule has 3 aromatic rings. The van der Waals surface area contributed by atoms with Crippen molar-refractivity contribution in [2.45, 2.75) is 48.9 Å². The van der Waals surface area contributed by atoms with Gasteiger partial charge in [-0.1, -0.05) is 29.8 Å². The normalized spacial score (nSPS) is 17.0. The van der Waals surface area contributed by atoms with Crippen molar-refractivity contribution >= 4 is 21.6 Å². The molecule has 1 heterocycles. The molecule has 0 amide bonds. The Morgan fingerprint density at radius 3 is 2.58 bits per heavy atom. The Morgan fingerprint density at radius 2 is 1.88 bits per heavy atom. The molecule has 1 aromatic heterocycles. The molecule has 172 valence electrons. The van der Waals surface area contributed by atoms with Crippen molar-refractivity contribution < 1.29 is 22.6 Å². The number of aromatic nitrogens is 1. The molecule has 2 aliphatic carbocycles. The quantitative estimate of drug-likeness (QED) is 0.382. The highest BCUT2D eigenvalue weighted by Crippen LogP contribution is 2.53. The van der Waals surface area contributed by atoms with E-state index >= 15 is 0 Å². The fourth-order valence-electron chi connectivity index (χ4n) is 3.89. The molecule has 2 aromatic carbocycles. The Labute approximate surface area is 197 Å². The van der Waals surface area contributed by atoms with Gasteiger partial charge in [-0.2, -0.15) is 4.73 Å². The summed E-state index contributed by atoms with van der Waals surface area (Å²) < 4.78 is 36.6. The molecule has 2 aliphatic rings. The van der Waals surface area contributed by atoms with Crippen molar-refractivity contribution in [3.63, 3.8) is 0 Å². The number of halogens is 1. The van der Waals surface area contributed by atoms with Gasteiger partial charge >= 0.3 is 0 Å². The second-order valence-corrected chi connectivity index (χ2v) is 10.5. The monoisotopic (exact) mass is 486 g/mol. The van der Waals surface area contributed by atoms with Crippen LogP contribution < -0.4 is 14.6 Å². The standard InChI is InChI=1S/C24H23ClN2O5S/c25-22-8-7-18(33(26,29)30)13-16(22)15-31-24(10-11-24)21-14-27(28)12-9-19(21)20-3-1-2-4-23(20)32-17-5-6-17/h1-4,7-9,12-14,17H,5-6,10-11,15H2,(H2,26,29,30). The Balaban J connectivity index is 1.48. The minimum Gasteiger partial charge on any atom is -0.619 e. The number of rotatable bonds is 8. The van der Waals surface area contributed by atoms with Crippen molar-refractivity contribution in [2.75, 3.05) is 0 Å². The zero-order valence-electron chi connectivity index (χ0n) is 17.7. The predicted molar refractivity (Wildman–Crippen MR) is 123 cm³/mol. The summed E-state index contributed by atoms with van der Waals surface area (Å²) in [5.74, 6) is 0.782. The van der Waals surface area contributed by atoms with Crippen molar-refractivity contribution in [2.24, 2.45) is 5.14 Å². The van der Waals surface area contributed by atoms with Crippen LogP contribution in [-0.4, -0.2) is 14.5 Å². The van der Waals surface area contributed by atoms with Gasteiger partial charge in [0.2, 0.25) is 10.0 Å². The van der Waals surface area contributed by atoms with Crippen LogP contribution in [0.5, 0.6) is 5.75 Å². The van der Waals surface area contributed by atoms with E-state index in [-0.39, 0.29) is 17.6 Å². The molecule has 0 atom stereocenters. The molecule has 2 fully saturated rings. The number of benzene rings is 2. The van der Waals surface area contributed by atoms with E-state index in [1.807, 2.05) is 24.3 Å². The number of nitrogens with zero attached hydrogens (tertiary/aromatic N) is 1. The van der Waals surface area contributed by atoms with Crippen molar-refractivity contribution in [3.8, 4) is 16.9 Å². The zero-order chi connectivity index (χ0) is 23.2. The van der Waals surface area contributed by atoms with Crippen LogP contribution in [0.1, 0.15) is 36.8 Å². The van der Waals surface area contributed by atoms with E-state index < -0.39 is 15.6 Å². The van der Waals surface area contributed by atoms with E-state index in [1.165, 1.54) is 24.4 Å². The molecule has 2 N–H and O–H groups in total.